The van der Waals surface area contributed by atoms with Crippen LogP contribution in [-0.2, 0) is 30.9 Å². The van der Waals surface area contributed by atoms with Gasteiger partial charge in [-0.1, -0.05) is 12.1 Å². The molecule has 2 aliphatic heterocycles. The van der Waals surface area contributed by atoms with Crippen LogP contribution in [0.5, 0.6) is 0 Å². The van der Waals surface area contributed by atoms with Crippen LogP contribution in [0, 0.1) is 0 Å². The molecular weight excluding hydrogens is 612 g/mol. The molecule has 0 amide bonds. The molecule has 1 atom stereocenters. The number of nitrogens with two attached hydrogens (primary N) is 1. The molecule has 2 aliphatic rings. The highest BCUT2D eigenvalue weighted by Gasteiger charge is 2.25. The maximum atomic E-state index is 11.8. The molecule has 0 radical (unpaired) electrons. The molecule has 0 aliphatic carbocycles. The molecule has 5 N–H and O–H groups in total. The van der Waals surface area contributed by atoms with Crippen molar-refractivity contribution in [3.8, 4) is 11.4 Å². The largest absolute Gasteiger partial charge is 0.481 e. The minimum Gasteiger partial charge on any atom is -0.481 e. The molecule has 6 rings (SSSR count). The average Bonchev–Trinajstić information content (AvgIpc) is 3.63. The summed E-state index contributed by atoms with van der Waals surface area (Å²) in [7, 11) is -3.13. The Morgan fingerprint density at radius 2 is 1.84 bits per heavy atom. The Morgan fingerprint density at radius 1 is 1.11 bits per heavy atom. The highest BCUT2D eigenvalue weighted by molar-refractivity contribution is 7.88. The van der Waals surface area contributed by atoms with Crippen molar-refractivity contribution in [3.05, 3.63) is 35.3 Å². The monoisotopic (exact) mass is 646 g/mol. The lowest BCUT2D eigenvalue weighted by molar-refractivity contribution is -0.144. The van der Waals surface area contributed by atoms with Gasteiger partial charge in [-0.3, -0.25) is 19.6 Å². The molecule has 2 saturated heterocycles. The summed E-state index contributed by atoms with van der Waals surface area (Å²) in [5.74, 6) is -0.855. The van der Waals surface area contributed by atoms with Gasteiger partial charge in [0.1, 0.15) is 6.04 Å². The second-order valence-electron chi connectivity index (χ2n) is 10.5. The van der Waals surface area contributed by atoms with Gasteiger partial charge in [0.25, 0.3) is 0 Å². The minimum absolute atomic E-state index is 0.529. The number of aliphatic carboxylic acids is 2. The number of aromatic amines is 1. The minimum atomic E-state index is -3.13. The van der Waals surface area contributed by atoms with Crippen LogP contribution in [0.3, 0.4) is 0 Å². The van der Waals surface area contributed by atoms with Crippen molar-refractivity contribution in [2.45, 2.75) is 19.0 Å². The number of fused-ring (bicyclic) bond motifs is 2. The molecule has 1 aromatic carbocycles. The number of anilines is 1. The highest BCUT2D eigenvalue weighted by atomic mass is 32.2. The first kappa shape index (κ1) is 31.7. The molecule has 5 heterocycles. The summed E-state index contributed by atoms with van der Waals surface area (Å²) in [5, 5.41) is 24.3. The summed E-state index contributed by atoms with van der Waals surface area (Å²) in [6.07, 6.45) is 2.57. The molecule has 3 aromatic heterocycles. The van der Waals surface area contributed by atoms with Gasteiger partial charge in [0, 0.05) is 61.6 Å². The number of H-pyrrole nitrogens is 1. The van der Waals surface area contributed by atoms with Crippen molar-refractivity contribution in [1.82, 2.24) is 29.4 Å². The Kier molecular flexibility index (Phi) is 9.72. The fourth-order valence-corrected chi connectivity index (χ4v) is 7.01. The molecule has 4 aromatic rings. The Labute approximate surface area is 257 Å². The van der Waals surface area contributed by atoms with Crippen molar-refractivity contribution < 1.29 is 33.0 Å². The molecule has 44 heavy (non-hydrogen) atoms. The van der Waals surface area contributed by atoms with Crippen LogP contribution < -0.4 is 10.6 Å². The summed E-state index contributed by atoms with van der Waals surface area (Å²) in [6, 6.07) is 6.90. The van der Waals surface area contributed by atoms with Crippen LogP contribution >= 0.6 is 11.3 Å². The predicted molar refractivity (Wildman–Crippen MR) is 165 cm³/mol. The number of nitrogens with one attached hydrogen (secondary N) is 1. The van der Waals surface area contributed by atoms with Crippen molar-refractivity contribution in [3.63, 3.8) is 0 Å². The molecule has 15 nitrogen and oxygen atoms in total. The van der Waals surface area contributed by atoms with Gasteiger partial charge in [0.15, 0.2) is 11.6 Å². The number of carboxylic acid groups (broad SMARTS) is 2. The molecule has 17 heteroatoms. The average molecular weight is 647 g/mol. The van der Waals surface area contributed by atoms with E-state index in [4.69, 9.17) is 30.7 Å². The van der Waals surface area contributed by atoms with Crippen LogP contribution in [-0.4, -0.2) is 125 Å². The van der Waals surface area contributed by atoms with Crippen LogP contribution in [0.4, 0.5) is 5.82 Å². The quantitative estimate of drug-likeness (QED) is 0.211. The molecule has 0 bridgehead atoms. The number of benzene rings is 1. The van der Waals surface area contributed by atoms with Gasteiger partial charge in [-0.2, -0.15) is 9.40 Å². The smallest absolute Gasteiger partial charge is 0.321 e. The van der Waals surface area contributed by atoms with Gasteiger partial charge in [-0.05, 0) is 12.1 Å². The first-order valence-corrected chi connectivity index (χ1v) is 16.6. The van der Waals surface area contributed by atoms with Gasteiger partial charge in [-0.25, -0.2) is 18.4 Å². The Morgan fingerprint density at radius 3 is 2.48 bits per heavy atom. The summed E-state index contributed by atoms with van der Waals surface area (Å²) in [6.45, 7) is 6.22. The second kappa shape index (κ2) is 13.5. The van der Waals surface area contributed by atoms with E-state index >= 15 is 0 Å². The number of carboxylic acids is 2. The molecule has 2 fully saturated rings. The second-order valence-corrected chi connectivity index (χ2v) is 13.6. The van der Waals surface area contributed by atoms with Crippen molar-refractivity contribution >= 4 is 60.2 Å². The van der Waals surface area contributed by atoms with Crippen molar-refractivity contribution in [1.29, 1.82) is 0 Å². The van der Waals surface area contributed by atoms with E-state index in [1.54, 1.807) is 15.6 Å². The normalized spacial score (nSPS) is 17.4. The van der Waals surface area contributed by atoms with Crippen LogP contribution in [0.25, 0.3) is 32.5 Å². The third-order valence-corrected chi connectivity index (χ3v) is 9.74. The Hall–Kier alpha value is -3.74. The first-order valence-electron chi connectivity index (χ1n) is 13.9. The fraction of sp³-hybridized carbons (Fsp3) is 0.444. The zero-order valence-electron chi connectivity index (χ0n) is 24.0. The zero-order valence-corrected chi connectivity index (χ0v) is 25.7. The lowest BCUT2D eigenvalue weighted by Gasteiger charge is -2.32. The number of hydrogen-bond donors (Lipinski definition) is 4. The number of nitrogens with zero attached hydrogens (tertiary/aromatic N) is 6. The summed E-state index contributed by atoms with van der Waals surface area (Å²) in [5.41, 5.74) is 7.69. The fourth-order valence-electron chi connectivity index (χ4n) is 5.03. The zero-order chi connectivity index (χ0) is 31.4. The topological polar surface area (TPSA) is 208 Å². The summed E-state index contributed by atoms with van der Waals surface area (Å²) >= 11 is 1.73. The van der Waals surface area contributed by atoms with Gasteiger partial charge >= 0.3 is 11.9 Å². The molecule has 236 valence electrons. The van der Waals surface area contributed by atoms with Crippen LogP contribution in [0.2, 0.25) is 0 Å². The van der Waals surface area contributed by atoms with Gasteiger partial charge in [-0.15, -0.1) is 11.3 Å². The van der Waals surface area contributed by atoms with E-state index < -0.39 is 34.4 Å². The van der Waals surface area contributed by atoms with E-state index in [2.05, 4.69) is 26.1 Å². The first-order chi connectivity index (χ1) is 21.0. The third kappa shape index (κ3) is 7.48. The van der Waals surface area contributed by atoms with E-state index in [1.165, 1.54) is 11.1 Å². The number of thiophene rings is 1. The number of aromatic nitrogens is 4. The predicted octanol–water partition coefficient (Wildman–Crippen LogP) is 1.02. The van der Waals surface area contributed by atoms with E-state index in [0.29, 0.717) is 32.1 Å². The maximum Gasteiger partial charge on any atom is 0.321 e. The number of sulfonamides is 1. The third-order valence-electron chi connectivity index (χ3n) is 7.33. The lowest BCUT2D eigenvalue weighted by Crippen LogP contribution is -2.47. The number of morpholine rings is 1. The van der Waals surface area contributed by atoms with Crippen LogP contribution in [0.15, 0.2) is 30.5 Å². The van der Waals surface area contributed by atoms with Gasteiger partial charge in [0.05, 0.1) is 47.8 Å². The van der Waals surface area contributed by atoms with Crippen molar-refractivity contribution in [2.24, 2.45) is 5.73 Å². The SMILES string of the molecule is CS(=O)(=O)N1CCN(Cc2cc3nc(-c4cccc5[nH]ncc45)nc(N4CCOCC4)c3s2)CC1.N[C@@H](CC(=O)O)C(=O)O. The molecule has 0 spiro atoms. The van der Waals surface area contributed by atoms with E-state index in [0.717, 1.165) is 65.2 Å². The Balaban J connectivity index is 0.000000374. The van der Waals surface area contributed by atoms with Gasteiger partial charge < -0.3 is 25.6 Å². The number of ether oxygens (including phenoxy) is 1. The summed E-state index contributed by atoms with van der Waals surface area (Å²) < 4.78 is 31.9. The standard InChI is InChI=1S/C23H27N7O3S2.C4H7NO4/c1-35(31,32)30-7-5-28(6-8-30)15-16-13-20-21(34-16)23(29-9-11-33-12-10-29)26-22(25-20)17-3-2-4-19-18(17)14-24-27-19;5-2(4(8)9)1-3(6)7/h2-4,13-14H,5-12,15H2,1H3,(H,24,27);2H,1,5H2,(H,6,7)(H,8,9)/t;2-/m.0/s1. The number of rotatable bonds is 8. The molecule has 0 saturated carbocycles. The van der Waals surface area contributed by atoms with E-state index in [9.17, 15) is 18.0 Å². The van der Waals surface area contributed by atoms with Crippen molar-refractivity contribution in [2.75, 3.05) is 63.6 Å². The van der Waals surface area contributed by atoms with Gasteiger partial charge in [0.2, 0.25) is 10.0 Å². The van der Waals surface area contributed by atoms with Crippen LogP contribution in [0.1, 0.15) is 11.3 Å². The van der Waals surface area contributed by atoms with E-state index in [-0.39, 0.29) is 0 Å². The highest BCUT2D eigenvalue weighted by Crippen LogP contribution is 2.36. The maximum absolute atomic E-state index is 11.8. The number of hydrogen-bond acceptors (Lipinski definition) is 12. The lowest BCUT2D eigenvalue weighted by atomic mass is 10.1. The number of piperazine rings is 1. The molecular formula is C27H34N8O7S2. The molecule has 0 unspecified atom stereocenters. The Bertz CT molecular complexity index is 1750. The number of carbonyl (C=O) groups is 2. The van der Waals surface area contributed by atoms with E-state index in [1.807, 2.05) is 24.4 Å². The summed E-state index contributed by atoms with van der Waals surface area (Å²) in [4.78, 5) is 35.5.